The van der Waals surface area contributed by atoms with Crippen molar-refractivity contribution in [2.24, 2.45) is 5.92 Å². The molecule has 1 N–H and O–H groups in total. The molecule has 0 amide bonds. The Morgan fingerprint density at radius 1 is 1.31 bits per heavy atom. The summed E-state index contributed by atoms with van der Waals surface area (Å²) in [5.74, 6) is 1.01. The molecule has 1 aliphatic heterocycles. The Balaban J connectivity index is 1.72. The van der Waals surface area contributed by atoms with Gasteiger partial charge in [-0.15, -0.1) is 0 Å². The molecule has 0 radical (unpaired) electrons. The van der Waals surface area contributed by atoms with E-state index in [1.807, 2.05) is 0 Å². The predicted molar refractivity (Wildman–Crippen MR) is 55.8 cm³/mol. The Kier molecular flexibility index (Phi) is 2.89. The Morgan fingerprint density at radius 3 is 2.62 bits per heavy atom. The van der Waals surface area contributed by atoms with Crippen LogP contribution in [0.2, 0.25) is 0 Å². The molecule has 1 heterocycles. The summed E-state index contributed by atoms with van der Waals surface area (Å²) >= 11 is 0. The standard InChI is InChI=1S/C11H22N2/c1-3-9-7-13(8-9)11-5-4-10(6-11)12-2/h9-12H,3-8H2,1-2H3. The van der Waals surface area contributed by atoms with E-state index >= 15 is 0 Å². The molecule has 0 bridgehead atoms. The van der Waals surface area contributed by atoms with Crippen molar-refractivity contribution in [3.8, 4) is 0 Å². The number of likely N-dealkylation sites (tertiary alicyclic amines) is 1. The number of rotatable bonds is 3. The lowest BCUT2D eigenvalue weighted by molar-refractivity contribution is 0.0523. The third-order valence-electron chi connectivity index (χ3n) is 3.89. The summed E-state index contributed by atoms with van der Waals surface area (Å²) in [6.07, 6.45) is 5.56. The predicted octanol–water partition coefficient (Wildman–Crippen LogP) is 1.47. The van der Waals surface area contributed by atoms with E-state index in [0.717, 1.165) is 18.0 Å². The summed E-state index contributed by atoms with van der Waals surface area (Å²) in [5.41, 5.74) is 0. The molecule has 13 heavy (non-hydrogen) atoms. The fourth-order valence-corrected chi connectivity index (χ4v) is 2.72. The van der Waals surface area contributed by atoms with Crippen molar-refractivity contribution in [1.82, 2.24) is 10.2 Å². The van der Waals surface area contributed by atoms with Gasteiger partial charge >= 0.3 is 0 Å². The van der Waals surface area contributed by atoms with E-state index in [4.69, 9.17) is 0 Å². The van der Waals surface area contributed by atoms with Gasteiger partial charge in [-0.3, -0.25) is 4.90 Å². The highest BCUT2D eigenvalue weighted by atomic mass is 15.2. The first-order valence-corrected chi connectivity index (χ1v) is 5.74. The summed E-state index contributed by atoms with van der Waals surface area (Å²) in [4.78, 5) is 2.69. The third-order valence-corrected chi connectivity index (χ3v) is 3.89. The number of nitrogens with zero attached hydrogens (tertiary/aromatic N) is 1. The second kappa shape index (κ2) is 3.97. The van der Waals surface area contributed by atoms with Crippen LogP contribution in [0, 0.1) is 5.92 Å². The molecule has 2 heteroatoms. The van der Waals surface area contributed by atoms with Crippen LogP contribution >= 0.6 is 0 Å². The zero-order valence-electron chi connectivity index (χ0n) is 8.92. The maximum Gasteiger partial charge on any atom is 0.0111 e. The fourth-order valence-electron chi connectivity index (χ4n) is 2.72. The molecule has 1 aliphatic carbocycles. The van der Waals surface area contributed by atoms with Crippen molar-refractivity contribution in [1.29, 1.82) is 0 Å². The average Bonchev–Trinajstić information content (AvgIpc) is 2.51. The summed E-state index contributed by atoms with van der Waals surface area (Å²) < 4.78 is 0. The van der Waals surface area contributed by atoms with E-state index in [9.17, 15) is 0 Å². The zero-order chi connectivity index (χ0) is 9.26. The molecular formula is C11H22N2. The van der Waals surface area contributed by atoms with Gasteiger partial charge in [0.25, 0.3) is 0 Å². The Labute approximate surface area is 81.7 Å². The minimum absolute atomic E-state index is 0.797. The van der Waals surface area contributed by atoms with Crippen LogP contribution in [-0.4, -0.2) is 37.1 Å². The van der Waals surface area contributed by atoms with Gasteiger partial charge in [-0.1, -0.05) is 13.3 Å². The lowest BCUT2D eigenvalue weighted by Gasteiger charge is -2.43. The first-order chi connectivity index (χ1) is 6.33. The van der Waals surface area contributed by atoms with Crippen molar-refractivity contribution in [3.63, 3.8) is 0 Å². The first kappa shape index (κ1) is 9.47. The molecule has 2 nitrogen and oxygen atoms in total. The third kappa shape index (κ3) is 1.89. The summed E-state index contributed by atoms with van der Waals surface area (Å²) in [6, 6.07) is 1.70. The van der Waals surface area contributed by atoms with Crippen LogP contribution in [-0.2, 0) is 0 Å². The topological polar surface area (TPSA) is 15.3 Å². The van der Waals surface area contributed by atoms with Gasteiger partial charge < -0.3 is 5.32 Å². The quantitative estimate of drug-likeness (QED) is 0.711. The van der Waals surface area contributed by atoms with Crippen LogP contribution in [0.25, 0.3) is 0 Å². The second-order valence-corrected chi connectivity index (χ2v) is 4.68. The van der Waals surface area contributed by atoms with Crippen LogP contribution in [0.3, 0.4) is 0 Å². The first-order valence-electron chi connectivity index (χ1n) is 5.74. The van der Waals surface area contributed by atoms with Gasteiger partial charge in [0, 0.05) is 25.2 Å². The van der Waals surface area contributed by atoms with Gasteiger partial charge in [-0.25, -0.2) is 0 Å². The van der Waals surface area contributed by atoms with E-state index in [1.54, 1.807) is 0 Å². The molecule has 2 aliphatic rings. The van der Waals surface area contributed by atoms with Gasteiger partial charge in [0.15, 0.2) is 0 Å². The number of hydrogen-bond acceptors (Lipinski definition) is 2. The fraction of sp³-hybridized carbons (Fsp3) is 1.00. The SMILES string of the molecule is CCC1CN(C2CCC(NC)C2)C1. The van der Waals surface area contributed by atoms with Gasteiger partial charge in [-0.2, -0.15) is 0 Å². The van der Waals surface area contributed by atoms with E-state index < -0.39 is 0 Å². The molecule has 1 saturated carbocycles. The second-order valence-electron chi connectivity index (χ2n) is 4.68. The maximum atomic E-state index is 3.40. The van der Waals surface area contributed by atoms with Gasteiger partial charge in [-0.05, 0) is 32.2 Å². The van der Waals surface area contributed by atoms with Crippen molar-refractivity contribution >= 4 is 0 Å². The molecule has 2 rings (SSSR count). The van der Waals surface area contributed by atoms with E-state index in [2.05, 4.69) is 24.2 Å². The van der Waals surface area contributed by atoms with E-state index in [-0.39, 0.29) is 0 Å². The Bertz CT molecular complexity index is 163. The van der Waals surface area contributed by atoms with Crippen LogP contribution < -0.4 is 5.32 Å². The van der Waals surface area contributed by atoms with Gasteiger partial charge in [0.2, 0.25) is 0 Å². The Morgan fingerprint density at radius 2 is 2.08 bits per heavy atom. The molecule has 76 valence electrons. The van der Waals surface area contributed by atoms with Crippen LogP contribution in [0.5, 0.6) is 0 Å². The van der Waals surface area contributed by atoms with Gasteiger partial charge in [0.1, 0.15) is 0 Å². The molecule has 0 aromatic heterocycles. The lowest BCUT2D eigenvalue weighted by atomic mass is 9.94. The van der Waals surface area contributed by atoms with E-state index in [1.165, 1.54) is 38.8 Å². The van der Waals surface area contributed by atoms with Crippen molar-refractivity contribution < 1.29 is 0 Å². The summed E-state index contributed by atoms with van der Waals surface area (Å²) in [6.45, 7) is 5.06. The lowest BCUT2D eigenvalue weighted by Crippen LogP contribution is -2.51. The largest absolute Gasteiger partial charge is 0.317 e. The molecule has 2 unspecified atom stereocenters. The average molecular weight is 182 g/mol. The summed E-state index contributed by atoms with van der Waals surface area (Å²) in [5, 5.41) is 3.40. The molecule has 1 saturated heterocycles. The van der Waals surface area contributed by atoms with Gasteiger partial charge in [0.05, 0.1) is 0 Å². The highest BCUT2D eigenvalue weighted by Crippen LogP contribution is 2.30. The molecule has 2 fully saturated rings. The highest BCUT2D eigenvalue weighted by Gasteiger charge is 2.35. The Hall–Kier alpha value is -0.0800. The maximum absolute atomic E-state index is 3.40. The molecular weight excluding hydrogens is 160 g/mol. The van der Waals surface area contributed by atoms with Crippen LogP contribution in [0.1, 0.15) is 32.6 Å². The normalized spacial score (nSPS) is 36.5. The highest BCUT2D eigenvalue weighted by molar-refractivity contribution is 4.91. The number of nitrogens with one attached hydrogen (secondary N) is 1. The summed E-state index contributed by atoms with van der Waals surface area (Å²) in [7, 11) is 2.10. The molecule has 0 spiro atoms. The van der Waals surface area contributed by atoms with Crippen LogP contribution in [0.4, 0.5) is 0 Å². The van der Waals surface area contributed by atoms with E-state index in [0.29, 0.717) is 0 Å². The minimum Gasteiger partial charge on any atom is -0.317 e. The molecule has 2 atom stereocenters. The van der Waals surface area contributed by atoms with Crippen LogP contribution in [0.15, 0.2) is 0 Å². The monoisotopic (exact) mass is 182 g/mol. The smallest absolute Gasteiger partial charge is 0.0111 e. The van der Waals surface area contributed by atoms with Crippen molar-refractivity contribution in [2.45, 2.75) is 44.7 Å². The molecule has 0 aromatic carbocycles. The molecule has 0 aromatic rings. The number of hydrogen-bond donors (Lipinski definition) is 1. The van der Waals surface area contributed by atoms with Crippen molar-refractivity contribution in [3.05, 3.63) is 0 Å². The zero-order valence-corrected chi connectivity index (χ0v) is 8.92. The minimum atomic E-state index is 0.797. The van der Waals surface area contributed by atoms with Crippen molar-refractivity contribution in [2.75, 3.05) is 20.1 Å².